The number of carbonyl (C=O) groups excluding carboxylic acids is 1. The second-order valence-electron chi connectivity index (χ2n) is 7.10. The van der Waals surface area contributed by atoms with Gasteiger partial charge in [-0.3, -0.25) is 9.69 Å². The minimum atomic E-state index is -0.214. The molecule has 1 fully saturated rings. The molecule has 2 aromatic carbocycles. The second-order valence-corrected chi connectivity index (χ2v) is 7.10. The van der Waals surface area contributed by atoms with Crippen LogP contribution in [-0.4, -0.2) is 69.9 Å². The van der Waals surface area contributed by atoms with Gasteiger partial charge in [-0.25, -0.2) is 4.39 Å². The fraction of sp³-hybridized carbons (Fsp3) is 0.435. The summed E-state index contributed by atoms with van der Waals surface area (Å²) in [6, 6.07) is 13.9. The van der Waals surface area contributed by atoms with E-state index in [1.807, 2.05) is 31.2 Å². The number of amides is 1. The standard InChI is InChI=1S/C23H30FN3O3/c1-2-29-17-18-30-22-6-4-3-5-21(22)23(28)25-11-12-26-13-15-27(16-14-26)20-9-7-19(24)8-10-20/h3-10H,2,11-18H2,1H3,(H,25,28). The zero-order valence-electron chi connectivity index (χ0n) is 17.5. The van der Waals surface area contributed by atoms with E-state index in [0.717, 1.165) is 38.4 Å². The molecule has 6 nitrogen and oxygen atoms in total. The lowest BCUT2D eigenvalue weighted by molar-refractivity contribution is 0.0931. The Hall–Kier alpha value is -2.64. The second kappa shape index (κ2) is 11.5. The lowest BCUT2D eigenvalue weighted by Crippen LogP contribution is -2.48. The van der Waals surface area contributed by atoms with Crippen molar-refractivity contribution in [2.45, 2.75) is 6.92 Å². The maximum Gasteiger partial charge on any atom is 0.255 e. The molecule has 3 rings (SSSR count). The van der Waals surface area contributed by atoms with E-state index in [-0.39, 0.29) is 11.7 Å². The number of halogens is 1. The molecule has 1 N–H and O–H groups in total. The first kappa shape index (κ1) is 22.1. The highest BCUT2D eigenvalue weighted by Gasteiger charge is 2.18. The van der Waals surface area contributed by atoms with E-state index < -0.39 is 0 Å². The lowest BCUT2D eigenvalue weighted by atomic mass is 10.2. The molecule has 30 heavy (non-hydrogen) atoms. The van der Waals surface area contributed by atoms with Crippen LogP contribution >= 0.6 is 0 Å². The molecule has 0 unspecified atom stereocenters. The average Bonchev–Trinajstić information content (AvgIpc) is 2.78. The fourth-order valence-electron chi connectivity index (χ4n) is 3.44. The van der Waals surface area contributed by atoms with E-state index >= 15 is 0 Å². The quantitative estimate of drug-likeness (QED) is 0.605. The molecule has 1 amide bonds. The van der Waals surface area contributed by atoms with Gasteiger partial charge in [0.25, 0.3) is 5.91 Å². The molecule has 0 saturated carbocycles. The number of benzene rings is 2. The summed E-state index contributed by atoms with van der Waals surface area (Å²) in [7, 11) is 0. The fourth-order valence-corrected chi connectivity index (χ4v) is 3.44. The van der Waals surface area contributed by atoms with Gasteiger partial charge in [-0.05, 0) is 43.3 Å². The number of ether oxygens (including phenoxy) is 2. The van der Waals surface area contributed by atoms with Gasteiger partial charge in [0.15, 0.2) is 0 Å². The number of para-hydroxylation sites is 1. The Kier molecular flexibility index (Phi) is 8.47. The predicted molar refractivity (Wildman–Crippen MR) is 116 cm³/mol. The smallest absolute Gasteiger partial charge is 0.255 e. The summed E-state index contributed by atoms with van der Waals surface area (Å²) in [4.78, 5) is 17.2. The lowest BCUT2D eigenvalue weighted by Gasteiger charge is -2.36. The number of piperazine rings is 1. The molecule has 0 spiro atoms. The number of nitrogens with zero attached hydrogens (tertiary/aromatic N) is 2. The third-order valence-corrected chi connectivity index (χ3v) is 5.10. The highest BCUT2D eigenvalue weighted by Crippen LogP contribution is 2.18. The van der Waals surface area contributed by atoms with E-state index in [0.29, 0.717) is 37.7 Å². The Labute approximate surface area is 177 Å². The van der Waals surface area contributed by atoms with E-state index in [4.69, 9.17) is 9.47 Å². The van der Waals surface area contributed by atoms with Gasteiger partial charge in [0, 0.05) is 51.6 Å². The van der Waals surface area contributed by atoms with Crippen LogP contribution in [0.3, 0.4) is 0 Å². The van der Waals surface area contributed by atoms with Crippen LogP contribution in [0.2, 0.25) is 0 Å². The molecule has 7 heteroatoms. The van der Waals surface area contributed by atoms with Crippen molar-refractivity contribution in [3.63, 3.8) is 0 Å². The first-order valence-corrected chi connectivity index (χ1v) is 10.5. The van der Waals surface area contributed by atoms with Crippen molar-refractivity contribution >= 4 is 11.6 Å². The summed E-state index contributed by atoms with van der Waals surface area (Å²) in [5.74, 6) is 0.226. The molecular weight excluding hydrogens is 385 g/mol. The predicted octanol–water partition coefficient (Wildman–Crippen LogP) is 2.79. The van der Waals surface area contributed by atoms with Gasteiger partial charge < -0.3 is 19.7 Å². The van der Waals surface area contributed by atoms with Gasteiger partial charge >= 0.3 is 0 Å². The summed E-state index contributed by atoms with van der Waals surface area (Å²) in [5, 5.41) is 2.99. The van der Waals surface area contributed by atoms with Gasteiger partial charge in [0.1, 0.15) is 18.2 Å². The molecule has 1 heterocycles. The summed E-state index contributed by atoms with van der Waals surface area (Å²) in [6.45, 7) is 8.43. The van der Waals surface area contributed by atoms with Gasteiger partial charge in [-0.15, -0.1) is 0 Å². The van der Waals surface area contributed by atoms with Crippen molar-refractivity contribution in [3.05, 3.63) is 59.9 Å². The van der Waals surface area contributed by atoms with Crippen LogP contribution in [0, 0.1) is 5.82 Å². The topological polar surface area (TPSA) is 54.0 Å². The first-order valence-electron chi connectivity index (χ1n) is 10.5. The van der Waals surface area contributed by atoms with Crippen LogP contribution in [0.1, 0.15) is 17.3 Å². The minimum absolute atomic E-state index is 0.132. The van der Waals surface area contributed by atoms with Gasteiger partial charge in [-0.2, -0.15) is 0 Å². The average molecular weight is 416 g/mol. The number of nitrogens with one attached hydrogen (secondary N) is 1. The summed E-state index contributed by atoms with van der Waals surface area (Å²) < 4.78 is 24.1. The number of carbonyl (C=O) groups is 1. The van der Waals surface area contributed by atoms with Crippen LogP contribution in [0.4, 0.5) is 10.1 Å². The van der Waals surface area contributed by atoms with Crippen molar-refractivity contribution in [1.29, 1.82) is 0 Å². The highest BCUT2D eigenvalue weighted by molar-refractivity contribution is 5.96. The molecule has 0 bridgehead atoms. The first-order chi connectivity index (χ1) is 14.7. The molecule has 0 aliphatic carbocycles. The van der Waals surface area contributed by atoms with Crippen LogP contribution in [0.5, 0.6) is 5.75 Å². The minimum Gasteiger partial charge on any atom is -0.490 e. The summed E-state index contributed by atoms with van der Waals surface area (Å²) in [5.41, 5.74) is 1.58. The number of anilines is 1. The Balaban J connectivity index is 1.40. The molecule has 0 atom stereocenters. The third-order valence-electron chi connectivity index (χ3n) is 5.10. The van der Waals surface area contributed by atoms with E-state index in [2.05, 4.69) is 15.1 Å². The zero-order valence-corrected chi connectivity index (χ0v) is 17.5. The SMILES string of the molecule is CCOCCOc1ccccc1C(=O)NCCN1CCN(c2ccc(F)cc2)CC1. The molecule has 0 aromatic heterocycles. The molecule has 2 aromatic rings. The van der Waals surface area contributed by atoms with Crippen molar-refractivity contribution in [2.75, 3.05) is 64.0 Å². The van der Waals surface area contributed by atoms with Crippen LogP contribution in [0.15, 0.2) is 48.5 Å². The highest BCUT2D eigenvalue weighted by atomic mass is 19.1. The molecular formula is C23H30FN3O3. The van der Waals surface area contributed by atoms with E-state index in [1.54, 1.807) is 12.1 Å². The summed E-state index contributed by atoms with van der Waals surface area (Å²) in [6.07, 6.45) is 0. The third kappa shape index (κ3) is 6.43. The number of hydrogen-bond donors (Lipinski definition) is 1. The zero-order chi connectivity index (χ0) is 21.2. The maximum atomic E-state index is 13.1. The van der Waals surface area contributed by atoms with Crippen LogP contribution in [-0.2, 0) is 4.74 Å². The van der Waals surface area contributed by atoms with Crippen LogP contribution in [0.25, 0.3) is 0 Å². The van der Waals surface area contributed by atoms with Gasteiger partial charge in [0.2, 0.25) is 0 Å². The molecule has 0 radical (unpaired) electrons. The number of hydrogen-bond acceptors (Lipinski definition) is 5. The normalized spacial score (nSPS) is 14.5. The molecule has 1 aliphatic rings. The summed E-state index contributed by atoms with van der Waals surface area (Å²) >= 11 is 0. The Morgan fingerprint density at radius 3 is 2.50 bits per heavy atom. The monoisotopic (exact) mass is 415 g/mol. The van der Waals surface area contributed by atoms with Crippen molar-refractivity contribution in [1.82, 2.24) is 10.2 Å². The molecule has 162 valence electrons. The van der Waals surface area contributed by atoms with E-state index in [9.17, 15) is 9.18 Å². The Bertz CT molecular complexity index is 793. The molecule has 1 aliphatic heterocycles. The maximum absolute atomic E-state index is 13.1. The van der Waals surface area contributed by atoms with Gasteiger partial charge in [0.05, 0.1) is 12.2 Å². The van der Waals surface area contributed by atoms with Crippen molar-refractivity contribution in [3.8, 4) is 5.75 Å². The Morgan fingerprint density at radius 1 is 1.03 bits per heavy atom. The van der Waals surface area contributed by atoms with Gasteiger partial charge in [-0.1, -0.05) is 12.1 Å². The van der Waals surface area contributed by atoms with Crippen molar-refractivity contribution < 1.29 is 18.7 Å². The Morgan fingerprint density at radius 2 is 1.77 bits per heavy atom. The van der Waals surface area contributed by atoms with Crippen molar-refractivity contribution in [2.24, 2.45) is 0 Å². The largest absolute Gasteiger partial charge is 0.490 e. The van der Waals surface area contributed by atoms with Crippen LogP contribution < -0.4 is 15.0 Å². The molecule has 1 saturated heterocycles. The number of rotatable bonds is 10. The van der Waals surface area contributed by atoms with E-state index in [1.165, 1.54) is 12.1 Å².